The molecule has 0 atom stereocenters. The number of carboxylic acids is 1. The third-order valence-electron chi connectivity index (χ3n) is 2.17. The Bertz CT molecular complexity index is 552. The van der Waals surface area contributed by atoms with Crippen LogP contribution in [-0.4, -0.2) is 29.3 Å². The van der Waals surface area contributed by atoms with E-state index >= 15 is 0 Å². The first-order chi connectivity index (χ1) is 8.69. The molecule has 0 aliphatic rings. The third kappa shape index (κ3) is 3.18. The smallest absolute Gasteiger partial charge is 0.329 e. The van der Waals surface area contributed by atoms with E-state index in [0.29, 0.717) is 6.61 Å². The molecule has 1 aromatic carbocycles. The molecule has 0 saturated carbocycles. The lowest BCUT2D eigenvalue weighted by atomic mass is 10.3. The number of fused-ring (bicyclic) bond motifs is 1. The molecule has 0 aliphatic heterocycles. The van der Waals surface area contributed by atoms with E-state index in [1.54, 1.807) is 0 Å². The van der Waals surface area contributed by atoms with Crippen LogP contribution in [0.4, 0.5) is 0 Å². The summed E-state index contributed by atoms with van der Waals surface area (Å²) in [4.78, 5) is 14.7. The summed E-state index contributed by atoms with van der Waals surface area (Å²) in [6, 6.07) is 5.68. The number of rotatable bonds is 6. The minimum absolute atomic E-state index is 0.218. The van der Waals surface area contributed by atoms with Crippen LogP contribution in [0.2, 0.25) is 0 Å². The summed E-state index contributed by atoms with van der Waals surface area (Å²) in [5, 5.41) is 9.23. The zero-order valence-corrected chi connectivity index (χ0v) is 10.7. The summed E-state index contributed by atoms with van der Waals surface area (Å²) in [5.41, 5.74) is 0.873. The van der Waals surface area contributed by atoms with Crippen LogP contribution in [0, 0.1) is 0 Å². The van der Waals surface area contributed by atoms with Gasteiger partial charge in [0.1, 0.15) is 17.4 Å². The first kappa shape index (κ1) is 12.8. The number of nitrogens with zero attached hydrogens (tertiary/aromatic N) is 1. The van der Waals surface area contributed by atoms with Gasteiger partial charge >= 0.3 is 5.97 Å². The van der Waals surface area contributed by atoms with E-state index in [4.69, 9.17) is 14.6 Å². The summed E-state index contributed by atoms with van der Waals surface area (Å²) in [6.07, 6.45) is 0. The van der Waals surface area contributed by atoms with E-state index in [-0.39, 0.29) is 13.2 Å². The summed E-state index contributed by atoms with van der Waals surface area (Å²) in [7, 11) is 0. The number of ether oxygens (including phenoxy) is 2. The monoisotopic (exact) mass is 267 g/mol. The van der Waals surface area contributed by atoms with Crippen molar-refractivity contribution < 1.29 is 19.4 Å². The average molecular weight is 267 g/mol. The second kappa shape index (κ2) is 5.79. The van der Waals surface area contributed by atoms with Crippen molar-refractivity contribution in [3.8, 4) is 5.75 Å². The van der Waals surface area contributed by atoms with Crippen molar-refractivity contribution in [2.24, 2.45) is 0 Å². The van der Waals surface area contributed by atoms with Crippen molar-refractivity contribution in [1.29, 1.82) is 0 Å². The van der Waals surface area contributed by atoms with Crippen molar-refractivity contribution in [2.75, 3.05) is 13.2 Å². The molecule has 0 amide bonds. The largest absolute Gasteiger partial charge is 0.494 e. The minimum atomic E-state index is -0.977. The van der Waals surface area contributed by atoms with Crippen LogP contribution < -0.4 is 4.74 Å². The van der Waals surface area contributed by atoms with Crippen LogP contribution in [0.15, 0.2) is 18.2 Å². The Morgan fingerprint density at radius 3 is 3.06 bits per heavy atom. The van der Waals surface area contributed by atoms with Gasteiger partial charge in [0.25, 0.3) is 0 Å². The maximum Gasteiger partial charge on any atom is 0.329 e. The van der Waals surface area contributed by atoms with Gasteiger partial charge in [0, 0.05) is 0 Å². The van der Waals surface area contributed by atoms with Gasteiger partial charge in [0.05, 0.1) is 23.4 Å². The highest BCUT2D eigenvalue weighted by Crippen LogP contribution is 2.26. The number of benzene rings is 1. The highest BCUT2D eigenvalue weighted by atomic mass is 32.1. The number of aromatic nitrogens is 1. The zero-order valence-electron chi connectivity index (χ0n) is 9.88. The maximum absolute atomic E-state index is 10.3. The third-order valence-corrected chi connectivity index (χ3v) is 3.16. The number of carboxylic acid groups (broad SMARTS) is 1. The van der Waals surface area contributed by atoms with Crippen LogP contribution in [-0.2, 0) is 16.1 Å². The molecule has 96 valence electrons. The molecule has 2 rings (SSSR count). The Hall–Kier alpha value is -1.66. The first-order valence-electron chi connectivity index (χ1n) is 5.51. The van der Waals surface area contributed by atoms with E-state index in [9.17, 15) is 4.79 Å². The van der Waals surface area contributed by atoms with Gasteiger partial charge in [-0.15, -0.1) is 11.3 Å². The van der Waals surface area contributed by atoms with Gasteiger partial charge in [-0.25, -0.2) is 9.78 Å². The molecular weight excluding hydrogens is 254 g/mol. The van der Waals surface area contributed by atoms with Gasteiger partial charge < -0.3 is 14.6 Å². The Morgan fingerprint density at radius 2 is 2.33 bits per heavy atom. The standard InChI is InChI=1S/C12H13NO4S/c1-2-17-8-3-4-9-10(5-8)18-11(13-9)6-16-7-12(14)15/h3-5H,2,6-7H2,1H3,(H,14,15). The molecule has 0 bridgehead atoms. The molecule has 6 heteroatoms. The molecule has 2 aromatic rings. The molecule has 1 N–H and O–H groups in total. The molecule has 0 unspecified atom stereocenters. The molecule has 18 heavy (non-hydrogen) atoms. The lowest BCUT2D eigenvalue weighted by molar-refractivity contribution is -0.142. The predicted octanol–water partition coefficient (Wildman–Crippen LogP) is 2.30. The molecule has 0 radical (unpaired) electrons. The molecule has 5 nitrogen and oxygen atoms in total. The fourth-order valence-corrected chi connectivity index (χ4v) is 2.43. The van der Waals surface area contributed by atoms with E-state index < -0.39 is 5.97 Å². The topological polar surface area (TPSA) is 68.7 Å². The van der Waals surface area contributed by atoms with Crippen molar-refractivity contribution in [3.05, 3.63) is 23.2 Å². The fraction of sp³-hybridized carbons (Fsp3) is 0.333. The summed E-state index contributed by atoms with van der Waals surface area (Å²) in [6.45, 7) is 2.47. The minimum Gasteiger partial charge on any atom is -0.494 e. The summed E-state index contributed by atoms with van der Waals surface area (Å²) >= 11 is 1.48. The lowest BCUT2D eigenvalue weighted by Crippen LogP contribution is -2.06. The number of hydrogen-bond acceptors (Lipinski definition) is 5. The van der Waals surface area contributed by atoms with E-state index in [0.717, 1.165) is 21.0 Å². The average Bonchev–Trinajstić information content (AvgIpc) is 2.71. The SMILES string of the molecule is CCOc1ccc2nc(COCC(=O)O)sc2c1. The molecule has 0 spiro atoms. The van der Waals surface area contributed by atoms with Gasteiger partial charge in [-0.3, -0.25) is 0 Å². The van der Waals surface area contributed by atoms with Crippen molar-refractivity contribution in [3.63, 3.8) is 0 Å². The Balaban J connectivity index is 2.09. The number of hydrogen-bond donors (Lipinski definition) is 1. The number of thiazole rings is 1. The highest BCUT2D eigenvalue weighted by molar-refractivity contribution is 7.18. The number of carbonyl (C=O) groups is 1. The Kier molecular flexibility index (Phi) is 4.11. The second-order valence-electron chi connectivity index (χ2n) is 3.56. The lowest BCUT2D eigenvalue weighted by Gasteiger charge is -2.00. The van der Waals surface area contributed by atoms with Gasteiger partial charge in [0.2, 0.25) is 0 Å². The number of aliphatic carboxylic acids is 1. The zero-order chi connectivity index (χ0) is 13.0. The van der Waals surface area contributed by atoms with Crippen LogP contribution in [0.25, 0.3) is 10.2 Å². The summed E-state index contributed by atoms with van der Waals surface area (Å²) < 4.78 is 11.4. The molecular formula is C12H13NO4S. The Morgan fingerprint density at radius 1 is 1.50 bits per heavy atom. The van der Waals surface area contributed by atoms with Gasteiger partial charge in [-0.2, -0.15) is 0 Å². The van der Waals surface area contributed by atoms with Crippen LogP contribution in [0.5, 0.6) is 5.75 Å². The van der Waals surface area contributed by atoms with Crippen molar-refractivity contribution in [2.45, 2.75) is 13.5 Å². The molecule has 0 aliphatic carbocycles. The maximum atomic E-state index is 10.3. The summed E-state index contributed by atoms with van der Waals surface area (Å²) in [5.74, 6) is -0.165. The predicted molar refractivity (Wildman–Crippen MR) is 68.1 cm³/mol. The van der Waals surface area contributed by atoms with Crippen LogP contribution >= 0.6 is 11.3 Å². The first-order valence-corrected chi connectivity index (χ1v) is 6.32. The molecule has 1 heterocycles. The molecule has 1 aromatic heterocycles. The van der Waals surface area contributed by atoms with E-state index in [1.165, 1.54) is 11.3 Å². The van der Waals surface area contributed by atoms with Crippen molar-refractivity contribution >= 4 is 27.5 Å². The quantitative estimate of drug-likeness (QED) is 0.869. The van der Waals surface area contributed by atoms with Gasteiger partial charge in [-0.1, -0.05) is 0 Å². The van der Waals surface area contributed by atoms with Gasteiger partial charge in [-0.05, 0) is 25.1 Å². The van der Waals surface area contributed by atoms with Gasteiger partial charge in [0.15, 0.2) is 0 Å². The van der Waals surface area contributed by atoms with E-state index in [2.05, 4.69) is 4.98 Å². The highest BCUT2D eigenvalue weighted by Gasteiger charge is 2.06. The fourth-order valence-electron chi connectivity index (χ4n) is 1.50. The molecule has 0 saturated heterocycles. The molecule has 0 fully saturated rings. The normalized spacial score (nSPS) is 10.7. The Labute approximate surface area is 108 Å². The van der Waals surface area contributed by atoms with Crippen LogP contribution in [0.1, 0.15) is 11.9 Å². The second-order valence-corrected chi connectivity index (χ2v) is 4.67. The van der Waals surface area contributed by atoms with Crippen LogP contribution in [0.3, 0.4) is 0 Å². The van der Waals surface area contributed by atoms with Crippen molar-refractivity contribution in [1.82, 2.24) is 4.98 Å². The van der Waals surface area contributed by atoms with E-state index in [1.807, 2.05) is 25.1 Å².